The van der Waals surface area contributed by atoms with Crippen molar-refractivity contribution < 1.29 is 81.5 Å². The summed E-state index contributed by atoms with van der Waals surface area (Å²) in [5, 5.41) is 49.3. The molecule has 408 valence electrons. The summed E-state index contributed by atoms with van der Waals surface area (Å²) in [5.74, 6) is -10.9. The van der Waals surface area contributed by atoms with Gasteiger partial charge in [0.25, 0.3) is 0 Å². The number of aliphatic hydroxyl groups is 1. The summed E-state index contributed by atoms with van der Waals surface area (Å²) in [6.45, 7) is 6.78. The molecule has 2 heterocycles. The fraction of sp³-hybridized carbons (Fsp3) is 0.551. The Labute approximate surface area is 425 Å². The van der Waals surface area contributed by atoms with Crippen molar-refractivity contribution in [2.75, 3.05) is 19.7 Å². The van der Waals surface area contributed by atoms with Crippen molar-refractivity contribution in [3.8, 4) is 0 Å². The highest BCUT2D eigenvalue weighted by Crippen LogP contribution is 2.23. The van der Waals surface area contributed by atoms with Crippen LogP contribution in [0.15, 0.2) is 60.7 Å². The van der Waals surface area contributed by atoms with E-state index in [0.717, 1.165) is 0 Å². The minimum Gasteiger partial charge on any atom is -0.481 e. The third-order valence-electron chi connectivity index (χ3n) is 11.9. The van der Waals surface area contributed by atoms with Crippen LogP contribution in [0.25, 0.3) is 0 Å². The first kappa shape index (κ1) is 61.2. The number of aliphatic carboxylic acids is 3. The monoisotopic (exact) mass is 1050 g/mol. The van der Waals surface area contributed by atoms with Crippen LogP contribution in [0.4, 0.5) is 13.2 Å². The van der Waals surface area contributed by atoms with Crippen LogP contribution in [-0.2, 0) is 60.8 Å². The first-order chi connectivity index (χ1) is 34.7. The summed E-state index contributed by atoms with van der Waals surface area (Å²) >= 11 is 0. The quantitative estimate of drug-likeness (QED) is 0.0684. The average molecular weight is 1050 g/mol. The summed E-state index contributed by atoms with van der Waals surface area (Å²) in [5.41, 5.74) is 7.29. The molecule has 0 spiro atoms. The zero-order valence-electron chi connectivity index (χ0n) is 41.5. The van der Waals surface area contributed by atoms with E-state index in [1.807, 2.05) is 13.8 Å². The predicted molar refractivity (Wildman–Crippen MR) is 257 cm³/mol. The third kappa shape index (κ3) is 19.4. The molecular weight excluding hydrogens is 982 g/mol. The summed E-state index contributed by atoms with van der Waals surface area (Å²) in [6.07, 6.45) is -4.48. The summed E-state index contributed by atoms with van der Waals surface area (Å²) < 4.78 is 31.7. The molecule has 2 aliphatic rings. The lowest BCUT2D eigenvalue weighted by Crippen LogP contribution is -2.60. The fourth-order valence-corrected chi connectivity index (χ4v) is 8.35. The van der Waals surface area contributed by atoms with Gasteiger partial charge in [-0.25, -0.2) is 9.59 Å². The van der Waals surface area contributed by atoms with Crippen LogP contribution in [0.2, 0.25) is 0 Å². The van der Waals surface area contributed by atoms with Gasteiger partial charge in [0.2, 0.25) is 41.4 Å². The van der Waals surface area contributed by atoms with Crippen LogP contribution < -0.4 is 32.3 Å². The van der Waals surface area contributed by atoms with Gasteiger partial charge in [-0.15, -0.1) is 0 Å². The summed E-state index contributed by atoms with van der Waals surface area (Å²) in [7, 11) is 0. The molecule has 2 aliphatic heterocycles. The molecule has 2 aromatic rings. The number of nitrogens with two attached hydrogens (primary N) is 1. The Hall–Kier alpha value is -7.15. The molecule has 8 atom stereocenters. The number of alkyl halides is 3. The van der Waals surface area contributed by atoms with Gasteiger partial charge in [0, 0.05) is 25.9 Å². The Morgan fingerprint density at radius 2 is 1.00 bits per heavy atom. The Morgan fingerprint density at radius 3 is 1.42 bits per heavy atom. The zero-order valence-corrected chi connectivity index (χ0v) is 41.5. The number of hydrogen-bond donors (Lipinski definition) is 10. The Balaban J connectivity index is 0.00000192. The van der Waals surface area contributed by atoms with Crippen molar-refractivity contribution in [1.82, 2.24) is 36.4 Å². The van der Waals surface area contributed by atoms with Crippen LogP contribution in [0.5, 0.6) is 0 Å². The molecule has 7 amide bonds. The van der Waals surface area contributed by atoms with E-state index in [-0.39, 0.29) is 57.0 Å². The summed E-state index contributed by atoms with van der Waals surface area (Å²) in [6, 6.07) is 7.22. The second kappa shape index (κ2) is 28.9. The van der Waals surface area contributed by atoms with Gasteiger partial charge in [-0.05, 0) is 61.5 Å². The van der Waals surface area contributed by atoms with Gasteiger partial charge in [-0.1, -0.05) is 88.4 Å². The number of likely N-dealkylation sites (tertiary alicyclic amines) is 2. The number of nitrogens with zero attached hydrogens (tertiary/aromatic N) is 2. The standard InChI is InChI=1S/C47H66N8O12.C2HF3O2/c1-27(2)21-31(48)40(59)53-36(26-56)46(65)55-20-12-18-38(55)44(63)51-34(24-30-15-9-6-10-16-30)45(64)54-19-11-17-37(54)43(62)50-32(23-29-13-7-5-8-14-29)41(60)49-33(25-39(57)58)42(61)52-35(47(66)67)22-28(3)4;3-2(4,5)1(6)7/h5-10,13-16,27-28,31-38,56H,11-12,17-26,48H2,1-4H3,(H,49,60)(H,50,62)(H,51,63)(H,52,61)(H,53,59)(H,57,58)(H,66,67);(H,6,7)/t31-,32-,33-,34-,35-,36-,37-,38-;/m0./s1. The topological polar surface area (TPSA) is 344 Å². The number of amides is 7. The maximum Gasteiger partial charge on any atom is 0.490 e. The zero-order chi connectivity index (χ0) is 55.4. The molecule has 0 aliphatic carbocycles. The molecule has 0 radical (unpaired) electrons. The van der Waals surface area contributed by atoms with Gasteiger partial charge in [0.05, 0.1) is 19.1 Å². The number of carbonyl (C=O) groups is 10. The lowest BCUT2D eigenvalue weighted by molar-refractivity contribution is -0.192. The number of halogens is 3. The molecule has 2 saturated heterocycles. The number of carboxylic acids is 3. The number of rotatable bonds is 24. The maximum atomic E-state index is 14.6. The second-order valence-electron chi connectivity index (χ2n) is 18.9. The molecule has 4 rings (SSSR count). The van der Waals surface area contributed by atoms with Crippen LogP contribution in [-0.4, -0.2) is 164 Å². The number of aliphatic hydroxyl groups excluding tert-OH is 1. The van der Waals surface area contributed by atoms with Gasteiger partial charge >= 0.3 is 24.1 Å². The maximum absolute atomic E-state index is 14.6. The highest BCUT2D eigenvalue weighted by atomic mass is 19.4. The molecule has 2 aromatic carbocycles. The van der Waals surface area contributed by atoms with E-state index in [1.165, 1.54) is 9.80 Å². The van der Waals surface area contributed by atoms with E-state index < -0.39 is 127 Å². The molecule has 2 fully saturated rings. The van der Waals surface area contributed by atoms with E-state index in [1.54, 1.807) is 74.5 Å². The van der Waals surface area contributed by atoms with E-state index in [4.69, 9.17) is 15.6 Å². The third-order valence-corrected chi connectivity index (χ3v) is 11.9. The van der Waals surface area contributed by atoms with E-state index in [9.17, 15) is 71.6 Å². The van der Waals surface area contributed by atoms with Gasteiger partial charge in [0.1, 0.15) is 42.3 Å². The van der Waals surface area contributed by atoms with Crippen molar-refractivity contribution in [3.05, 3.63) is 71.8 Å². The Bertz CT molecular complexity index is 2270. The average Bonchev–Trinajstić information content (AvgIpc) is 4.03. The van der Waals surface area contributed by atoms with Gasteiger partial charge in [-0.3, -0.25) is 38.4 Å². The molecule has 74 heavy (non-hydrogen) atoms. The van der Waals surface area contributed by atoms with Crippen LogP contribution in [0, 0.1) is 11.8 Å². The molecule has 0 unspecified atom stereocenters. The largest absolute Gasteiger partial charge is 0.490 e. The molecule has 0 aromatic heterocycles. The SMILES string of the molecule is CC(C)C[C@H](NC(=O)[C@H](CC(=O)O)NC(=O)[C@H](Cc1ccccc1)NC(=O)[C@@H]1CCCN1C(=O)[C@H](Cc1ccccc1)NC(=O)[C@@H]1CCCN1C(=O)[C@H](CO)NC(=O)[C@@H](N)CC(C)C)C(=O)O.O=C(O)C(F)(F)F. The van der Waals surface area contributed by atoms with Crippen molar-refractivity contribution >= 4 is 59.3 Å². The van der Waals surface area contributed by atoms with Crippen molar-refractivity contribution in [3.63, 3.8) is 0 Å². The lowest BCUT2D eigenvalue weighted by atomic mass is 10.0. The van der Waals surface area contributed by atoms with E-state index in [0.29, 0.717) is 30.4 Å². The highest BCUT2D eigenvalue weighted by molar-refractivity contribution is 5.98. The first-order valence-electron chi connectivity index (χ1n) is 24.1. The summed E-state index contributed by atoms with van der Waals surface area (Å²) in [4.78, 5) is 132. The molecule has 22 nitrogen and oxygen atoms in total. The molecular formula is C49H67F3N8O14. The van der Waals surface area contributed by atoms with Crippen LogP contribution in [0.1, 0.15) is 83.8 Å². The minimum absolute atomic E-state index is 0.00591. The smallest absolute Gasteiger partial charge is 0.481 e. The molecule has 0 saturated carbocycles. The fourth-order valence-electron chi connectivity index (χ4n) is 8.35. The van der Waals surface area contributed by atoms with E-state index in [2.05, 4.69) is 26.6 Å². The predicted octanol–water partition coefficient (Wildman–Crippen LogP) is 0.482. The van der Waals surface area contributed by atoms with Crippen LogP contribution >= 0.6 is 0 Å². The van der Waals surface area contributed by atoms with Crippen molar-refractivity contribution in [1.29, 1.82) is 0 Å². The molecule has 25 heteroatoms. The van der Waals surface area contributed by atoms with Gasteiger partial charge in [-0.2, -0.15) is 13.2 Å². The lowest BCUT2D eigenvalue weighted by Gasteiger charge is -2.32. The highest BCUT2D eigenvalue weighted by Gasteiger charge is 2.43. The number of carboxylic acid groups (broad SMARTS) is 3. The normalized spacial score (nSPS) is 17.8. The molecule has 11 N–H and O–H groups in total. The number of nitrogens with one attached hydrogen (secondary N) is 5. The second-order valence-corrected chi connectivity index (χ2v) is 18.9. The van der Waals surface area contributed by atoms with Crippen molar-refractivity contribution in [2.45, 2.75) is 140 Å². The number of benzene rings is 2. The first-order valence-corrected chi connectivity index (χ1v) is 24.1. The van der Waals surface area contributed by atoms with Crippen LogP contribution in [0.3, 0.4) is 0 Å². The molecule has 0 bridgehead atoms. The minimum atomic E-state index is -5.08. The number of hydrogen-bond acceptors (Lipinski definition) is 12. The van der Waals surface area contributed by atoms with Crippen molar-refractivity contribution in [2.24, 2.45) is 17.6 Å². The van der Waals surface area contributed by atoms with Gasteiger partial charge in [0.15, 0.2) is 0 Å². The van der Waals surface area contributed by atoms with Gasteiger partial charge < -0.3 is 62.5 Å². The Kier molecular flexibility index (Phi) is 23.9. The van der Waals surface area contributed by atoms with E-state index >= 15 is 0 Å². The number of carbonyl (C=O) groups excluding carboxylic acids is 7. The Morgan fingerprint density at radius 1 is 0.595 bits per heavy atom.